The number of fused-ring (bicyclic) bond motifs is 1. The first-order chi connectivity index (χ1) is 5.81. The molecular weight excluding hydrogens is 156 g/mol. The van der Waals surface area contributed by atoms with Gasteiger partial charge in [-0.2, -0.15) is 10.1 Å². The van der Waals surface area contributed by atoms with E-state index in [0.29, 0.717) is 17.3 Å². The average molecular weight is 164 g/mol. The molecule has 2 heterocycles. The lowest BCUT2D eigenvalue weighted by molar-refractivity contribution is 0.399. The molecule has 2 aromatic rings. The summed E-state index contributed by atoms with van der Waals surface area (Å²) in [6.07, 6.45) is 0. The quantitative estimate of drug-likeness (QED) is 0.645. The number of hydrogen-bond donors (Lipinski definition) is 2. The molecule has 0 spiro atoms. The van der Waals surface area contributed by atoms with Crippen molar-refractivity contribution < 1.29 is 4.74 Å². The summed E-state index contributed by atoms with van der Waals surface area (Å²) in [7, 11) is 1.56. The van der Waals surface area contributed by atoms with Crippen molar-refractivity contribution in [2.24, 2.45) is 0 Å². The van der Waals surface area contributed by atoms with Crippen LogP contribution < -0.4 is 10.5 Å². The third-order valence-corrected chi connectivity index (χ3v) is 1.64. The smallest absolute Gasteiger partial charge is 0.214 e. The van der Waals surface area contributed by atoms with Gasteiger partial charge in [0, 0.05) is 6.07 Å². The summed E-state index contributed by atoms with van der Waals surface area (Å²) >= 11 is 0. The summed E-state index contributed by atoms with van der Waals surface area (Å²) in [6.45, 7) is 0. The molecule has 3 N–H and O–H groups in total. The minimum atomic E-state index is 0.458. The van der Waals surface area contributed by atoms with Crippen LogP contribution in [-0.2, 0) is 0 Å². The van der Waals surface area contributed by atoms with Gasteiger partial charge >= 0.3 is 0 Å². The van der Waals surface area contributed by atoms with Gasteiger partial charge in [-0.15, -0.1) is 0 Å². The van der Waals surface area contributed by atoms with Gasteiger partial charge in [-0.1, -0.05) is 0 Å². The van der Waals surface area contributed by atoms with Crippen molar-refractivity contribution in [3.05, 3.63) is 12.1 Å². The second-order valence-electron chi connectivity index (χ2n) is 2.36. The molecule has 0 unspecified atom stereocenters. The molecule has 0 aromatic carbocycles. The number of nitrogens with one attached hydrogen (secondary N) is 1. The first-order valence-corrected chi connectivity index (χ1v) is 3.46. The fourth-order valence-corrected chi connectivity index (χ4v) is 1.02. The zero-order chi connectivity index (χ0) is 8.55. The van der Waals surface area contributed by atoms with Crippen molar-refractivity contribution in [2.45, 2.75) is 0 Å². The maximum atomic E-state index is 5.54. The van der Waals surface area contributed by atoms with Gasteiger partial charge in [-0.3, -0.25) is 5.10 Å². The van der Waals surface area contributed by atoms with E-state index in [1.54, 1.807) is 13.2 Å². The summed E-state index contributed by atoms with van der Waals surface area (Å²) in [5, 5.41) is 7.32. The van der Waals surface area contributed by atoms with Crippen LogP contribution in [0.5, 0.6) is 5.88 Å². The van der Waals surface area contributed by atoms with Crippen molar-refractivity contribution in [1.82, 2.24) is 15.2 Å². The highest BCUT2D eigenvalue weighted by molar-refractivity contribution is 5.85. The third kappa shape index (κ3) is 0.868. The standard InChI is InChI=1S/C7H8N4O/c1-12-5-3-2-4-6(8)10-11-7(4)9-5/h2-3H,1H3,(H3,8,9,10,11). The molecule has 5 nitrogen and oxygen atoms in total. The highest BCUT2D eigenvalue weighted by Gasteiger charge is 2.03. The van der Waals surface area contributed by atoms with Crippen molar-refractivity contribution >= 4 is 16.9 Å². The van der Waals surface area contributed by atoms with Gasteiger partial charge in [0.25, 0.3) is 0 Å². The number of nitrogen functional groups attached to an aromatic ring is 1. The van der Waals surface area contributed by atoms with Crippen molar-refractivity contribution in [2.75, 3.05) is 12.8 Å². The summed E-state index contributed by atoms with van der Waals surface area (Å²) in [4.78, 5) is 4.09. The number of nitrogens with two attached hydrogens (primary N) is 1. The molecule has 0 fully saturated rings. The fraction of sp³-hybridized carbons (Fsp3) is 0.143. The molecule has 2 rings (SSSR count). The van der Waals surface area contributed by atoms with E-state index in [1.165, 1.54) is 0 Å². The van der Waals surface area contributed by atoms with Crippen molar-refractivity contribution in [1.29, 1.82) is 0 Å². The van der Waals surface area contributed by atoms with Gasteiger partial charge in [-0.05, 0) is 6.07 Å². The van der Waals surface area contributed by atoms with Gasteiger partial charge in [0.2, 0.25) is 5.88 Å². The first kappa shape index (κ1) is 6.90. The zero-order valence-electron chi connectivity index (χ0n) is 6.53. The molecule has 5 heteroatoms. The normalized spacial score (nSPS) is 10.4. The lowest BCUT2D eigenvalue weighted by atomic mass is 10.3. The molecule has 0 saturated carbocycles. The SMILES string of the molecule is COc1ccc2c(N)n[nH]c2n1. The van der Waals surface area contributed by atoms with Gasteiger partial charge in [-0.25, -0.2) is 0 Å². The van der Waals surface area contributed by atoms with E-state index in [9.17, 15) is 0 Å². The van der Waals surface area contributed by atoms with Crippen LogP contribution >= 0.6 is 0 Å². The Balaban J connectivity index is 2.69. The van der Waals surface area contributed by atoms with Crippen LogP contribution in [0.25, 0.3) is 11.0 Å². The van der Waals surface area contributed by atoms with E-state index in [1.807, 2.05) is 6.07 Å². The number of nitrogens with zero attached hydrogens (tertiary/aromatic N) is 2. The molecule has 0 bridgehead atoms. The molecule has 2 aromatic heterocycles. The fourth-order valence-electron chi connectivity index (χ4n) is 1.02. The summed E-state index contributed by atoms with van der Waals surface area (Å²) < 4.78 is 4.93. The van der Waals surface area contributed by atoms with Gasteiger partial charge < -0.3 is 10.5 Å². The Bertz CT molecular complexity index is 409. The number of ether oxygens (including phenoxy) is 1. The monoisotopic (exact) mass is 164 g/mol. The van der Waals surface area contributed by atoms with E-state index in [4.69, 9.17) is 10.5 Å². The van der Waals surface area contributed by atoms with Crippen LogP contribution in [-0.4, -0.2) is 22.3 Å². The van der Waals surface area contributed by atoms with Crippen LogP contribution in [0.4, 0.5) is 5.82 Å². The Morgan fingerprint density at radius 1 is 1.50 bits per heavy atom. The van der Waals surface area contributed by atoms with Crippen molar-refractivity contribution in [3.8, 4) is 5.88 Å². The number of anilines is 1. The molecule has 0 radical (unpaired) electrons. The first-order valence-electron chi connectivity index (χ1n) is 3.46. The minimum absolute atomic E-state index is 0.458. The molecule has 0 amide bonds. The second kappa shape index (κ2) is 2.37. The Labute approximate surface area is 68.5 Å². The number of H-pyrrole nitrogens is 1. The molecule has 62 valence electrons. The Kier molecular flexibility index (Phi) is 1.36. The number of methoxy groups -OCH3 is 1. The predicted molar refractivity (Wildman–Crippen MR) is 44.9 cm³/mol. The van der Waals surface area contributed by atoms with E-state index in [-0.39, 0.29) is 0 Å². The van der Waals surface area contributed by atoms with Crippen molar-refractivity contribution in [3.63, 3.8) is 0 Å². The number of aromatic nitrogens is 3. The molecule has 0 atom stereocenters. The van der Waals surface area contributed by atoms with E-state index >= 15 is 0 Å². The molecule has 0 aliphatic carbocycles. The number of pyridine rings is 1. The largest absolute Gasteiger partial charge is 0.481 e. The molecule has 12 heavy (non-hydrogen) atoms. The van der Waals surface area contributed by atoms with Crippen LogP contribution in [0.15, 0.2) is 12.1 Å². The van der Waals surface area contributed by atoms with E-state index in [2.05, 4.69) is 15.2 Å². The second-order valence-corrected chi connectivity index (χ2v) is 2.36. The molecular formula is C7H8N4O. The highest BCUT2D eigenvalue weighted by Crippen LogP contribution is 2.18. The topological polar surface area (TPSA) is 76.8 Å². The van der Waals surface area contributed by atoms with Gasteiger partial charge in [0.15, 0.2) is 11.5 Å². The Morgan fingerprint density at radius 2 is 2.33 bits per heavy atom. The Morgan fingerprint density at radius 3 is 3.08 bits per heavy atom. The lowest BCUT2D eigenvalue weighted by Gasteiger charge is -1.95. The lowest BCUT2D eigenvalue weighted by Crippen LogP contribution is -1.87. The van der Waals surface area contributed by atoms with Crippen LogP contribution in [0, 0.1) is 0 Å². The van der Waals surface area contributed by atoms with Crippen LogP contribution in [0.3, 0.4) is 0 Å². The molecule has 0 aliphatic heterocycles. The van der Waals surface area contributed by atoms with E-state index < -0.39 is 0 Å². The van der Waals surface area contributed by atoms with E-state index in [0.717, 1.165) is 5.39 Å². The maximum Gasteiger partial charge on any atom is 0.214 e. The van der Waals surface area contributed by atoms with Crippen LogP contribution in [0.1, 0.15) is 0 Å². The molecule has 0 aliphatic rings. The summed E-state index contributed by atoms with van der Waals surface area (Å²) in [5.74, 6) is 1.01. The summed E-state index contributed by atoms with van der Waals surface area (Å²) in [5.41, 5.74) is 6.19. The number of hydrogen-bond acceptors (Lipinski definition) is 4. The maximum absolute atomic E-state index is 5.54. The third-order valence-electron chi connectivity index (χ3n) is 1.64. The number of rotatable bonds is 1. The number of aromatic amines is 1. The predicted octanol–water partition coefficient (Wildman–Crippen LogP) is 0.549. The van der Waals surface area contributed by atoms with Gasteiger partial charge in [0.05, 0.1) is 12.5 Å². The highest BCUT2D eigenvalue weighted by atomic mass is 16.5. The minimum Gasteiger partial charge on any atom is -0.481 e. The zero-order valence-corrected chi connectivity index (χ0v) is 6.53. The Hall–Kier alpha value is -1.78. The molecule has 0 saturated heterocycles. The van der Waals surface area contributed by atoms with Crippen LogP contribution in [0.2, 0.25) is 0 Å². The summed E-state index contributed by atoms with van der Waals surface area (Å²) in [6, 6.07) is 3.56. The average Bonchev–Trinajstić information content (AvgIpc) is 2.47. The van der Waals surface area contributed by atoms with Gasteiger partial charge in [0.1, 0.15) is 0 Å².